The zero-order chi connectivity index (χ0) is 79.1. The predicted octanol–water partition coefficient (Wildman–Crippen LogP) is 33.5. The third-order valence-corrected chi connectivity index (χ3v) is 26.2. The second-order valence-electron chi connectivity index (χ2n) is 32.9. The second kappa shape index (κ2) is 26.3. The van der Waals surface area contributed by atoms with Crippen molar-refractivity contribution in [3.05, 3.63) is 419 Å². The van der Waals surface area contributed by atoms with Gasteiger partial charge in [-0.15, -0.1) is 0 Å². The molecule has 0 atom stereocenters. The molecule has 3 nitrogen and oxygen atoms in total. The van der Waals surface area contributed by atoms with Crippen LogP contribution >= 0.6 is 0 Å². The van der Waals surface area contributed by atoms with Crippen LogP contribution in [-0.2, 0) is 0 Å². The predicted molar refractivity (Wildman–Crippen MR) is 514 cm³/mol. The molecule has 3 heterocycles. The van der Waals surface area contributed by atoms with Crippen molar-refractivity contribution in [1.29, 1.82) is 0 Å². The molecule has 0 aliphatic rings. The highest BCUT2D eigenvalue weighted by molar-refractivity contribution is 6.23. The van der Waals surface area contributed by atoms with Gasteiger partial charge in [-0.1, -0.05) is 309 Å². The van der Waals surface area contributed by atoms with Crippen LogP contribution in [0.4, 0.5) is 0 Å². The van der Waals surface area contributed by atoms with Crippen molar-refractivity contribution in [3.8, 4) is 94.7 Å². The lowest BCUT2D eigenvalue weighted by Gasteiger charge is -2.18. The molecular formula is C118H69NO2. The molecule has 0 N–H and O–H groups in total. The van der Waals surface area contributed by atoms with Gasteiger partial charge in [-0.05, 0) is 295 Å². The first kappa shape index (κ1) is 67.3. The van der Waals surface area contributed by atoms with Gasteiger partial charge in [0.05, 0.1) is 11.0 Å². The number of aromatic nitrogens is 1. The van der Waals surface area contributed by atoms with E-state index in [0.717, 1.165) is 144 Å². The summed E-state index contributed by atoms with van der Waals surface area (Å²) in [4.78, 5) is 0. The fourth-order valence-electron chi connectivity index (χ4n) is 20.4. The van der Waals surface area contributed by atoms with Crippen LogP contribution in [0, 0.1) is 0 Å². The zero-order valence-corrected chi connectivity index (χ0v) is 65.6. The molecule has 121 heavy (non-hydrogen) atoms. The molecule has 0 bridgehead atoms. The van der Waals surface area contributed by atoms with E-state index in [1.165, 1.54) is 124 Å². The molecule has 0 saturated heterocycles. The minimum absolute atomic E-state index is 0.836. The van der Waals surface area contributed by atoms with E-state index in [2.05, 4.69) is 423 Å². The van der Waals surface area contributed by atoms with Gasteiger partial charge < -0.3 is 13.4 Å². The van der Waals surface area contributed by atoms with Crippen LogP contribution < -0.4 is 0 Å². The minimum Gasteiger partial charge on any atom is -0.455 e. The summed E-state index contributed by atoms with van der Waals surface area (Å²) in [6.07, 6.45) is 0. The Morgan fingerprint density at radius 1 is 0.149 bits per heavy atom. The zero-order valence-electron chi connectivity index (χ0n) is 65.6. The third-order valence-electron chi connectivity index (χ3n) is 26.2. The molecule has 23 aromatic carbocycles. The van der Waals surface area contributed by atoms with Crippen LogP contribution in [0.5, 0.6) is 0 Å². The van der Waals surface area contributed by atoms with E-state index in [-0.39, 0.29) is 0 Å². The molecule has 0 aliphatic carbocycles. The summed E-state index contributed by atoms with van der Waals surface area (Å²) in [6, 6.07) is 156. The van der Waals surface area contributed by atoms with Crippen molar-refractivity contribution in [3.63, 3.8) is 0 Å². The Kier molecular flexibility index (Phi) is 14.6. The van der Waals surface area contributed by atoms with E-state index in [1.807, 2.05) is 0 Å². The van der Waals surface area contributed by atoms with Gasteiger partial charge in [-0.3, -0.25) is 0 Å². The number of hydrogen-bond acceptors (Lipinski definition) is 2. The van der Waals surface area contributed by atoms with Gasteiger partial charge in [0, 0.05) is 49.1 Å². The molecule has 0 unspecified atom stereocenters. The van der Waals surface area contributed by atoms with E-state index < -0.39 is 0 Å². The van der Waals surface area contributed by atoms with Gasteiger partial charge in [0.1, 0.15) is 22.3 Å². The third kappa shape index (κ3) is 10.6. The summed E-state index contributed by atoms with van der Waals surface area (Å²) in [6.45, 7) is 0. The number of nitrogens with zero attached hydrogens (tertiary/aromatic N) is 1. The Hall–Kier alpha value is -15.9. The van der Waals surface area contributed by atoms with E-state index in [9.17, 15) is 0 Å². The Morgan fingerprint density at radius 3 is 0.802 bits per heavy atom. The lowest BCUT2D eigenvalue weighted by Crippen LogP contribution is -1.95. The summed E-state index contributed by atoms with van der Waals surface area (Å²) < 4.78 is 17.2. The van der Waals surface area contributed by atoms with Gasteiger partial charge in [0.15, 0.2) is 0 Å². The number of fused-ring (bicyclic) bond motifs is 23. The summed E-state index contributed by atoms with van der Waals surface area (Å²) in [5, 5.41) is 31.1. The molecule has 26 rings (SSSR count). The van der Waals surface area contributed by atoms with Crippen molar-refractivity contribution in [1.82, 2.24) is 4.57 Å². The molecule has 0 amide bonds. The molecular weight excluding hydrogens is 1460 g/mol. The molecule has 26 aromatic rings. The average molecular weight is 1530 g/mol. The average Bonchev–Trinajstić information content (AvgIpc) is 1.66. The number of benzene rings is 23. The molecule has 3 heteroatoms. The number of furan rings is 2. The normalized spacial score (nSPS) is 12.1. The summed E-state index contributed by atoms with van der Waals surface area (Å²) >= 11 is 0. The van der Waals surface area contributed by atoms with Crippen LogP contribution in [-0.4, -0.2) is 4.57 Å². The van der Waals surface area contributed by atoms with E-state index in [4.69, 9.17) is 8.83 Å². The fraction of sp³-hybridized carbons (Fsp3) is 0. The highest BCUT2D eigenvalue weighted by Crippen LogP contribution is 2.50. The Bertz CT molecular complexity index is 8490. The first-order chi connectivity index (χ1) is 59.9. The van der Waals surface area contributed by atoms with Crippen molar-refractivity contribution in [2.24, 2.45) is 0 Å². The number of hydrogen-bond donors (Lipinski definition) is 0. The fourth-order valence-corrected chi connectivity index (χ4v) is 20.4. The molecule has 0 radical (unpaired) electrons. The van der Waals surface area contributed by atoms with Gasteiger partial charge in [0.2, 0.25) is 0 Å². The van der Waals surface area contributed by atoms with Crippen LogP contribution in [0.2, 0.25) is 0 Å². The highest BCUT2D eigenvalue weighted by atomic mass is 16.3. The smallest absolute Gasteiger partial charge is 0.143 e. The Labute approximate surface area is 695 Å². The van der Waals surface area contributed by atoms with Crippen molar-refractivity contribution < 1.29 is 8.83 Å². The van der Waals surface area contributed by atoms with Crippen LogP contribution in [0.25, 0.3) is 268 Å². The maximum absolute atomic E-state index is 7.34. The Balaban J connectivity index is 0.694. The van der Waals surface area contributed by atoms with Crippen LogP contribution in [0.1, 0.15) is 0 Å². The summed E-state index contributed by atoms with van der Waals surface area (Å²) in [5.74, 6) is 0. The monoisotopic (exact) mass is 1530 g/mol. The maximum Gasteiger partial charge on any atom is 0.143 e. The van der Waals surface area contributed by atoms with Gasteiger partial charge in [-0.25, -0.2) is 0 Å². The first-order valence-corrected chi connectivity index (χ1v) is 41.8. The Morgan fingerprint density at radius 2 is 0.421 bits per heavy atom. The standard InChI is InChI=1S/C118H69NO2/c1-2-20-74(21-3-1)115-99-26-12-14-28-101(99)116(102-29-15-13-27-100(102)115)75-38-48-90(49-39-75)119-111-54-44-86(103-66-88(78-42-52-97-84(60-78)36-32-72-18-6-10-24-93(72)97)68-109-107-62-80(46-56-113(107)120-117(103)109)76-40-50-95-82(58-76)34-30-70-16-4-8-22-91(70)95)64-105(111)106-65-87(45-55-112(106)119)104-67-89(79-43-53-98-85(61-79)37-33-73-19-7-11-25-94(73)98)69-110-108-63-81(47-57-114(108)121-118(104)110)77-41-51-96-83(59-77)35-31-71-17-5-9-23-92(71)96/h1-69H. The molecule has 0 aliphatic heterocycles. The van der Waals surface area contributed by atoms with Gasteiger partial charge in [-0.2, -0.15) is 0 Å². The van der Waals surface area contributed by atoms with Crippen LogP contribution in [0.15, 0.2) is 427 Å². The van der Waals surface area contributed by atoms with Crippen molar-refractivity contribution >= 4 is 173 Å². The quantitative estimate of drug-likeness (QED) is 0.107. The van der Waals surface area contributed by atoms with E-state index in [1.54, 1.807) is 0 Å². The topological polar surface area (TPSA) is 31.2 Å². The molecule has 0 spiro atoms. The van der Waals surface area contributed by atoms with Gasteiger partial charge in [0.25, 0.3) is 0 Å². The summed E-state index contributed by atoms with van der Waals surface area (Å²) in [7, 11) is 0. The molecule has 0 fully saturated rings. The van der Waals surface area contributed by atoms with Crippen molar-refractivity contribution in [2.45, 2.75) is 0 Å². The summed E-state index contributed by atoms with van der Waals surface area (Å²) in [5.41, 5.74) is 24.6. The molecule has 558 valence electrons. The van der Waals surface area contributed by atoms with E-state index in [0.29, 0.717) is 0 Å². The van der Waals surface area contributed by atoms with Crippen LogP contribution in [0.3, 0.4) is 0 Å². The first-order valence-electron chi connectivity index (χ1n) is 41.8. The number of rotatable bonds is 9. The molecule has 3 aromatic heterocycles. The maximum atomic E-state index is 7.34. The van der Waals surface area contributed by atoms with E-state index >= 15 is 0 Å². The highest BCUT2D eigenvalue weighted by Gasteiger charge is 2.25. The lowest BCUT2D eigenvalue weighted by molar-refractivity contribution is 0.669. The lowest BCUT2D eigenvalue weighted by atomic mass is 9.86. The SMILES string of the molecule is c1ccc(-c2c3ccccc3c(-c3ccc(-n4c5ccc(-c6cc(-c7ccc8c(ccc9ccccc98)c7)cc7c6oc6ccc(-c8ccc9c(ccc%10ccccc%109)c8)cc67)cc5c5cc(-c6cc(-c7ccc8c(ccc9ccccc98)c7)cc7c6oc6ccc(-c8ccc9c(ccc%10ccccc%109)c8)cc67)ccc54)cc3)c3ccccc23)cc1. The second-order valence-corrected chi connectivity index (χ2v) is 32.9. The molecule has 0 saturated carbocycles. The van der Waals surface area contributed by atoms with Crippen molar-refractivity contribution in [2.75, 3.05) is 0 Å². The minimum atomic E-state index is 0.836. The largest absolute Gasteiger partial charge is 0.455 e. The van der Waals surface area contributed by atoms with Gasteiger partial charge >= 0.3 is 0 Å².